The van der Waals surface area contributed by atoms with Crippen LogP contribution in [-0.4, -0.2) is 56.7 Å². The predicted molar refractivity (Wildman–Crippen MR) is 184 cm³/mol. The number of hydrogen-bond acceptors (Lipinski definition) is 10. The Hall–Kier alpha value is -5.62. The number of aromatic nitrogens is 8. The van der Waals surface area contributed by atoms with Crippen molar-refractivity contribution in [2.75, 3.05) is 10.6 Å². The highest BCUT2D eigenvalue weighted by Crippen LogP contribution is 2.31. The van der Waals surface area contributed by atoms with E-state index < -0.39 is 54.1 Å². The van der Waals surface area contributed by atoms with E-state index in [0.717, 1.165) is 32.0 Å². The maximum absolute atomic E-state index is 13.6. The van der Waals surface area contributed by atoms with Crippen molar-refractivity contribution in [2.24, 2.45) is 14.1 Å². The van der Waals surface area contributed by atoms with Crippen LogP contribution in [0.2, 0.25) is 0 Å². The van der Waals surface area contributed by atoms with E-state index in [1.54, 1.807) is 12.4 Å². The van der Waals surface area contributed by atoms with Gasteiger partial charge in [-0.3, -0.25) is 9.36 Å². The maximum Gasteiger partial charge on any atom is 0.507 e. The monoisotopic (exact) mass is 862 g/mol. The summed E-state index contributed by atoms with van der Waals surface area (Å²) in [5, 5.41) is 29.1. The molecule has 0 aliphatic carbocycles. The minimum Gasteiger partial charge on any atom is -0.422 e. The molecular formula is C32H26BBrF10N10O2. The summed E-state index contributed by atoms with van der Waals surface area (Å²) in [6.07, 6.45) is -3.43. The largest absolute Gasteiger partial charge is 0.507 e. The van der Waals surface area contributed by atoms with Crippen LogP contribution < -0.4 is 16.2 Å². The van der Waals surface area contributed by atoms with E-state index in [1.165, 1.54) is 50.8 Å². The Labute approximate surface area is 318 Å². The summed E-state index contributed by atoms with van der Waals surface area (Å²) in [7, 11) is 0.621. The van der Waals surface area contributed by atoms with Crippen molar-refractivity contribution in [3.8, 4) is 11.3 Å². The molecule has 4 N–H and O–H groups in total. The Morgan fingerprint density at radius 1 is 0.643 bits per heavy atom. The van der Waals surface area contributed by atoms with Crippen molar-refractivity contribution < 1.29 is 54.0 Å². The summed E-state index contributed by atoms with van der Waals surface area (Å²) in [4.78, 5) is 15.8. The minimum absolute atomic E-state index is 0.000138. The van der Waals surface area contributed by atoms with Gasteiger partial charge < -0.3 is 20.7 Å². The lowest BCUT2D eigenvalue weighted by atomic mass is 9.86. The topological polar surface area (TPSA) is 152 Å². The number of aryl methyl sites for hydroxylation is 2. The van der Waals surface area contributed by atoms with Gasteiger partial charge >= 0.3 is 19.5 Å². The van der Waals surface area contributed by atoms with Crippen LogP contribution in [0.25, 0.3) is 11.3 Å². The highest BCUT2D eigenvalue weighted by atomic mass is 79.9. The molecule has 24 heteroatoms. The Morgan fingerprint density at radius 2 is 1.04 bits per heavy atom. The summed E-state index contributed by atoms with van der Waals surface area (Å²) in [5.74, 6) is -2.19. The van der Waals surface area contributed by atoms with E-state index in [2.05, 4.69) is 56.7 Å². The van der Waals surface area contributed by atoms with Gasteiger partial charge in [0.15, 0.2) is 11.4 Å². The second-order valence-corrected chi connectivity index (χ2v) is 12.0. The van der Waals surface area contributed by atoms with Crippen LogP contribution in [-0.2, 0) is 39.5 Å². The standard InChI is InChI=1S/C16H12F5N5.C11H8BrF2N3.C5H6BF3N2O2/c1-26-13(5-14(25-26)16(19,20)21)9-6-22-15(23-7-9)24-8-10-11(17)3-2-4-12(10)18;12-7-4-15-11(16-5-7)17-6-8-9(13)2-1-3-10(8)14;1-11-4(6(12)13)2-3(10-11)5(7,8)9/h2-7H,8H2,1H3,(H,22,23,24);1-5H,6H2,(H,15,16,17);2,12-13H,1H3. The number of nitrogens with one attached hydrogen (secondary N) is 2. The number of alkyl halides is 6. The zero-order valence-corrected chi connectivity index (χ0v) is 30.1. The number of nitrogens with zero attached hydrogens (tertiary/aromatic N) is 8. The predicted octanol–water partition coefficient (Wildman–Crippen LogP) is 6.03. The van der Waals surface area contributed by atoms with Crippen LogP contribution in [0.15, 0.2) is 77.8 Å². The number of anilines is 2. The van der Waals surface area contributed by atoms with Gasteiger partial charge in [-0.05, 0) is 52.3 Å². The van der Waals surface area contributed by atoms with Gasteiger partial charge in [-0.1, -0.05) is 12.1 Å². The summed E-state index contributed by atoms with van der Waals surface area (Å²) in [6, 6.07) is 8.73. The molecule has 4 aromatic heterocycles. The Bertz CT molecular complexity index is 2180. The molecule has 0 unspecified atom stereocenters. The summed E-state index contributed by atoms with van der Waals surface area (Å²) in [5.41, 5.74) is -2.15. The summed E-state index contributed by atoms with van der Waals surface area (Å²) in [6.45, 7) is -0.179. The highest BCUT2D eigenvalue weighted by Gasteiger charge is 2.36. The van der Waals surface area contributed by atoms with Gasteiger partial charge in [-0.25, -0.2) is 37.5 Å². The van der Waals surface area contributed by atoms with Crippen LogP contribution in [0, 0.1) is 23.3 Å². The van der Waals surface area contributed by atoms with Crippen LogP contribution >= 0.6 is 15.9 Å². The molecule has 0 aliphatic heterocycles. The molecule has 0 spiro atoms. The van der Waals surface area contributed by atoms with Crippen molar-refractivity contribution in [3.05, 3.63) is 124 Å². The van der Waals surface area contributed by atoms with Crippen LogP contribution in [0.4, 0.5) is 55.8 Å². The fraction of sp³-hybridized carbons (Fsp3) is 0.188. The molecule has 296 valence electrons. The third kappa shape index (κ3) is 11.7. The molecule has 0 atom stereocenters. The van der Waals surface area contributed by atoms with Crippen LogP contribution in [0.3, 0.4) is 0 Å². The number of hydrogen-bond donors (Lipinski definition) is 4. The Kier molecular flexibility index (Phi) is 14.1. The van der Waals surface area contributed by atoms with E-state index in [1.807, 2.05) is 0 Å². The molecule has 2 aromatic carbocycles. The third-order valence-corrected chi connectivity index (χ3v) is 7.59. The number of rotatable bonds is 8. The van der Waals surface area contributed by atoms with E-state index in [9.17, 15) is 43.9 Å². The first-order valence-corrected chi connectivity index (χ1v) is 16.3. The van der Waals surface area contributed by atoms with Gasteiger partial charge in [0.2, 0.25) is 11.9 Å². The summed E-state index contributed by atoms with van der Waals surface area (Å²) >= 11 is 3.19. The van der Waals surface area contributed by atoms with Crippen molar-refractivity contribution in [2.45, 2.75) is 25.4 Å². The average Bonchev–Trinajstić information content (AvgIpc) is 3.73. The van der Waals surface area contributed by atoms with Crippen molar-refractivity contribution in [1.29, 1.82) is 0 Å². The van der Waals surface area contributed by atoms with E-state index in [4.69, 9.17) is 10.0 Å². The maximum atomic E-state index is 13.6. The molecule has 0 fully saturated rings. The second kappa shape index (κ2) is 18.3. The zero-order chi connectivity index (χ0) is 41.4. The average molecular weight is 863 g/mol. The lowest BCUT2D eigenvalue weighted by molar-refractivity contribution is -0.142. The lowest BCUT2D eigenvalue weighted by Gasteiger charge is -2.07. The normalized spacial score (nSPS) is 11.3. The molecule has 0 amide bonds. The van der Waals surface area contributed by atoms with Gasteiger partial charge in [-0.15, -0.1) is 0 Å². The smallest absolute Gasteiger partial charge is 0.422 e. The minimum atomic E-state index is -4.56. The Morgan fingerprint density at radius 3 is 1.39 bits per heavy atom. The van der Waals surface area contributed by atoms with Crippen LogP contribution in [0.1, 0.15) is 22.5 Å². The Balaban J connectivity index is 0.000000200. The van der Waals surface area contributed by atoms with Crippen molar-refractivity contribution in [1.82, 2.24) is 39.5 Å². The van der Waals surface area contributed by atoms with Crippen LogP contribution in [0.5, 0.6) is 0 Å². The lowest BCUT2D eigenvalue weighted by Crippen LogP contribution is -2.35. The molecule has 6 aromatic rings. The van der Waals surface area contributed by atoms with Gasteiger partial charge in [0.05, 0.1) is 15.8 Å². The van der Waals surface area contributed by atoms with E-state index in [0.29, 0.717) is 17.6 Å². The van der Waals surface area contributed by atoms with E-state index >= 15 is 0 Å². The molecule has 4 heterocycles. The molecular weight excluding hydrogens is 837 g/mol. The first-order chi connectivity index (χ1) is 26.2. The fourth-order valence-electron chi connectivity index (χ4n) is 4.43. The molecule has 0 bridgehead atoms. The molecule has 0 saturated heterocycles. The molecule has 0 aliphatic rings. The molecule has 0 radical (unpaired) electrons. The van der Waals surface area contributed by atoms with Crippen molar-refractivity contribution >= 4 is 40.5 Å². The van der Waals surface area contributed by atoms with Gasteiger partial charge in [0.25, 0.3) is 0 Å². The quantitative estimate of drug-likeness (QED) is 0.106. The van der Waals surface area contributed by atoms with Gasteiger partial charge in [0.1, 0.15) is 23.3 Å². The first kappa shape index (κ1) is 43.1. The molecule has 0 saturated carbocycles. The third-order valence-electron chi connectivity index (χ3n) is 7.18. The zero-order valence-electron chi connectivity index (χ0n) is 28.5. The SMILES string of the molecule is Cn1nc(C(F)(F)F)cc1-c1cnc(NCc2c(F)cccc2F)nc1.Cn1nc(C(F)(F)F)cc1B(O)O.Fc1cccc(F)c1CNc1ncc(Br)cn1. The van der Waals surface area contributed by atoms with Crippen molar-refractivity contribution in [3.63, 3.8) is 0 Å². The molecule has 56 heavy (non-hydrogen) atoms. The molecule has 6 rings (SSSR count). The number of benzene rings is 2. The number of halogens is 11. The first-order valence-electron chi connectivity index (χ1n) is 15.5. The summed E-state index contributed by atoms with van der Waals surface area (Å²) < 4.78 is 130. The highest BCUT2D eigenvalue weighted by molar-refractivity contribution is 9.10. The second-order valence-electron chi connectivity index (χ2n) is 11.1. The van der Waals surface area contributed by atoms with Gasteiger partial charge in [0, 0.05) is 68.7 Å². The fourth-order valence-corrected chi connectivity index (χ4v) is 4.64. The van der Waals surface area contributed by atoms with Gasteiger partial charge in [-0.2, -0.15) is 36.5 Å². The molecule has 12 nitrogen and oxygen atoms in total. The van der Waals surface area contributed by atoms with E-state index in [-0.39, 0.29) is 41.5 Å².